The first-order valence-electron chi connectivity index (χ1n) is 4.69. The Labute approximate surface area is 103 Å². The molecule has 0 saturated heterocycles. The summed E-state index contributed by atoms with van der Waals surface area (Å²) in [6.07, 6.45) is 0. The first-order valence-corrected chi connectivity index (χ1v) is 6.55. The molecule has 0 atom stereocenters. The number of aromatic nitrogens is 1. The zero-order valence-corrected chi connectivity index (χ0v) is 10.4. The first-order chi connectivity index (χ1) is 7.97. The zero-order valence-electron chi connectivity index (χ0n) is 8.84. The van der Waals surface area contributed by atoms with Crippen LogP contribution in [-0.2, 0) is 10.0 Å². The van der Waals surface area contributed by atoms with Gasteiger partial charge in [-0.1, -0.05) is 22.8 Å². The Morgan fingerprint density at radius 3 is 2.71 bits per heavy atom. The van der Waals surface area contributed by atoms with Crippen molar-refractivity contribution in [1.82, 2.24) is 5.16 Å². The van der Waals surface area contributed by atoms with Crippen LogP contribution >= 0.6 is 11.6 Å². The lowest BCUT2D eigenvalue weighted by atomic mass is 10.4. The van der Waals surface area contributed by atoms with Crippen molar-refractivity contribution < 1.29 is 12.9 Å². The fraction of sp³-hybridized carbons (Fsp3) is 0.100. The summed E-state index contributed by atoms with van der Waals surface area (Å²) in [6.45, 7) is 1.67. The number of rotatable bonds is 3. The second kappa shape index (κ2) is 4.38. The fourth-order valence-electron chi connectivity index (χ4n) is 1.25. The van der Waals surface area contributed by atoms with E-state index in [2.05, 4.69) is 9.88 Å². The lowest BCUT2D eigenvalue weighted by molar-refractivity contribution is 0.400. The lowest BCUT2D eigenvalue weighted by Gasteiger charge is -2.04. The van der Waals surface area contributed by atoms with Crippen LogP contribution in [-0.4, -0.2) is 13.6 Å². The number of benzene rings is 1. The summed E-state index contributed by atoms with van der Waals surface area (Å²) in [5.74, 6) is 0.663. The highest BCUT2D eigenvalue weighted by Gasteiger charge is 2.16. The Hall–Kier alpha value is -1.53. The molecule has 1 heterocycles. The van der Waals surface area contributed by atoms with Crippen LogP contribution in [0.15, 0.2) is 39.8 Å². The number of aryl methyl sites for hydroxylation is 1. The number of hydrogen-bond donors (Lipinski definition) is 1. The maximum Gasteiger partial charge on any atom is 0.263 e. The molecule has 0 saturated carbocycles. The van der Waals surface area contributed by atoms with Gasteiger partial charge in [-0.2, -0.15) is 0 Å². The molecule has 17 heavy (non-hydrogen) atoms. The first kappa shape index (κ1) is 11.9. The Morgan fingerprint density at radius 1 is 1.35 bits per heavy atom. The SMILES string of the molecule is Cc1cc(NS(=O)(=O)c2cccc(Cl)c2)no1. The summed E-state index contributed by atoms with van der Waals surface area (Å²) in [4.78, 5) is 0.0747. The molecule has 0 aliphatic carbocycles. The van der Waals surface area contributed by atoms with Crippen molar-refractivity contribution in [3.8, 4) is 0 Å². The Balaban J connectivity index is 2.31. The van der Waals surface area contributed by atoms with Gasteiger partial charge in [0.2, 0.25) is 0 Å². The molecule has 0 aliphatic rings. The molecule has 0 unspecified atom stereocenters. The molecule has 2 rings (SSSR count). The maximum atomic E-state index is 11.9. The number of halogens is 1. The van der Waals surface area contributed by atoms with Crippen molar-refractivity contribution in [3.63, 3.8) is 0 Å². The number of hydrogen-bond acceptors (Lipinski definition) is 4. The topological polar surface area (TPSA) is 72.2 Å². The van der Waals surface area contributed by atoms with Crippen molar-refractivity contribution in [3.05, 3.63) is 41.1 Å². The van der Waals surface area contributed by atoms with Gasteiger partial charge in [0.25, 0.3) is 10.0 Å². The van der Waals surface area contributed by atoms with E-state index < -0.39 is 10.0 Å². The Bertz CT molecular complexity index is 637. The normalized spacial score (nSPS) is 11.4. The average molecular weight is 273 g/mol. The zero-order chi connectivity index (χ0) is 12.5. The third-order valence-electron chi connectivity index (χ3n) is 1.97. The van der Waals surface area contributed by atoms with Crippen molar-refractivity contribution in [1.29, 1.82) is 0 Å². The average Bonchev–Trinajstić information content (AvgIpc) is 2.63. The van der Waals surface area contributed by atoms with E-state index in [1.165, 1.54) is 18.2 Å². The van der Waals surface area contributed by atoms with Crippen LogP contribution in [0.2, 0.25) is 5.02 Å². The number of sulfonamides is 1. The molecule has 0 aliphatic heterocycles. The van der Waals surface area contributed by atoms with Crippen LogP contribution in [0.25, 0.3) is 0 Å². The summed E-state index contributed by atoms with van der Waals surface area (Å²) >= 11 is 5.73. The van der Waals surface area contributed by atoms with Crippen LogP contribution in [0, 0.1) is 6.92 Å². The van der Waals surface area contributed by atoms with E-state index >= 15 is 0 Å². The molecule has 1 N–H and O–H groups in total. The molecular weight excluding hydrogens is 264 g/mol. The predicted octanol–water partition coefficient (Wildman–Crippen LogP) is 2.44. The molecule has 1 aromatic carbocycles. The van der Waals surface area contributed by atoms with Crippen LogP contribution in [0.3, 0.4) is 0 Å². The molecule has 90 valence electrons. The Kier molecular flexibility index (Phi) is 3.08. The van der Waals surface area contributed by atoms with E-state index in [0.717, 1.165) is 0 Å². The highest BCUT2D eigenvalue weighted by molar-refractivity contribution is 7.92. The van der Waals surface area contributed by atoms with E-state index in [9.17, 15) is 8.42 Å². The van der Waals surface area contributed by atoms with Crippen LogP contribution in [0.5, 0.6) is 0 Å². The summed E-state index contributed by atoms with van der Waals surface area (Å²) in [5.41, 5.74) is 0. The van der Waals surface area contributed by atoms with E-state index in [0.29, 0.717) is 10.8 Å². The van der Waals surface area contributed by atoms with Gasteiger partial charge < -0.3 is 4.52 Å². The van der Waals surface area contributed by atoms with Crippen molar-refractivity contribution in [2.45, 2.75) is 11.8 Å². The minimum atomic E-state index is -3.68. The van der Waals surface area contributed by atoms with Gasteiger partial charge >= 0.3 is 0 Å². The van der Waals surface area contributed by atoms with Crippen molar-refractivity contribution in [2.75, 3.05) is 4.72 Å². The molecule has 0 spiro atoms. The molecule has 5 nitrogen and oxygen atoms in total. The second-order valence-corrected chi connectivity index (χ2v) is 5.50. The van der Waals surface area contributed by atoms with E-state index in [4.69, 9.17) is 16.1 Å². The predicted molar refractivity (Wildman–Crippen MR) is 63.5 cm³/mol. The number of nitrogens with one attached hydrogen (secondary N) is 1. The number of anilines is 1. The summed E-state index contributed by atoms with van der Waals surface area (Å²) < 4.78 is 30.9. The van der Waals surface area contributed by atoms with Gasteiger partial charge in [-0.3, -0.25) is 4.72 Å². The van der Waals surface area contributed by atoms with Gasteiger partial charge in [-0.25, -0.2) is 8.42 Å². The van der Waals surface area contributed by atoms with E-state index in [1.54, 1.807) is 19.1 Å². The minimum absolute atomic E-state index is 0.0747. The lowest BCUT2D eigenvalue weighted by Crippen LogP contribution is -2.12. The van der Waals surface area contributed by atoms with Gasteiger partial charge in [-0.15, -0.1) is 0 Å². The smallest absolute Gasteiger partial charge is 0.263 e. The van der Waals surface area contributed by atoms with Gasteiger partial charge in [0.05, 0.1) is 4.90 Å². The molecule has 7 heteroatoms. The highest BCUT2D eigenvalue weighted by Crippen LogP contribution is 2.18. The summed E-state index contributed by atoms with van der Waals surface area (Å²) in [6, 6.07) is 7.45. The molecule has 0 radical (unpaired) electrons. The molecular formula is C10H9ClN2O3S. The molecule has 2 aromatic rings. The largest absolute Gasteiger partial charge is 0.360 e. The monoisotopic (exact) mass is 272 g/mol. The van der Waals surface area contributed by atoms with E-state index in [-0.39, 0.29) is 10.7 Å². The van der Waals surface area contributed by atoms with Crippen LogP contribution < -0.4 is 4.72 Å². The summed E-state index contributed by atoms with van der Waals surface area (Å²) in [7, 11) is -3.68. The minimum Gasteiger partial charge on any atom is -0.360 e. The maximum absolute atomic E-state index is 11.9. The van der Waals surface area contributed by atoms with Gasteiger partial charge in [0.1, 0.15) is 5.76 Å². The molecule has 0 bridgehead atoms. The van der Waals surface area contributed by atoms with Crippen molar-refractivity contribution >= 4 is 27.4 Å². The van der Waals surface area contributed by atoms with Crippen LogP contribution in [0.1, 0.15) is 5.76 Å². The molecule has 1 aromatic heterocycles. The third-order valence-corrected chi connectivity index (χ3v) is 3.56. The highest BCUT2D eigenvalue weighted by atomic mass is 35.5. The Morgan fingerprint density at radius 2 is 2.12 bits per heavy atom. The molecule has 0 amide bonds. The van der Waals surface area contributed by atoms with Crippen molar-refractivity contribution in [2.24, 2.45) is 0 Å². The van der Waals surface area contributed by atoms with E-state index in [1.807, 2.05) is 0 Å². The number of nitrogens with zero attached hydrogens (tertiary/aromatic N) is 1. The third kappa shape index (κ3) is 2.78. The van der Waals surface area contributed by atoms with Gasteiger partial charge in [0.15, 0.2) is 5.82 Å². The summed E-state index contributed by atoms with van der Waals surface area (Å²) in [5, 5.41) is 3.90. The van der Waals surface area contributed by atoms with Gasteiger partial charge in [-0.05, 0) is 25.1 Å². The standard InChI is InChI=1S/C10H9ClN2O3S/c1-7-5-10(12-16-7)13-17(14,15)9-4-2-3-8(11)6-9/h2-6H,1H3,(H,12,13). The van der Waals surface area contributed by atoms with Crippen LogP contribution in [0.4, 0.5) is 5.82 Å². The van der Waals surface area contributed by atoms with Gasteiger partial charge in [0, 0.05) is 11.1 Å². The quantitative estimate of drug-likeness (QED) is 0.931. The fourth-order valence-corrected chi connectivity index (χ4v) is 2.53. The molecule has 0 fully saturated rings. The second-order valence-electron chi connectivity index (χ2n) is 3.39.